The zero-order chi connectivity index (χ0) is 24.5. The number of ether oxygens (including phenoxy) is 4. The van der Waals surface area contributed by atoms with Crippen LogP contribution in [0.1, 0.15) is 20.8 Å². The van der Waals surface area contributed by atoms with Gasteiger partial charge in [0, 0.05) is 30.0 Å². The summed E-state index contributed by atoms with van der Waals surface area (Å²) in [7, 11) is 2.86. The van der Waals surface area contributed by atoms with Crippen LogP contribution in [-0.4, -0.2) is 45.2 Å². The van der Waals surface area contributed by atoms with E-state index < -0.39 is 17.7 Å². The molecule has 0 aliphatic carbocycles. The quantitative estimate of drug-likeness (QED) is 0.234. The van der Waals surface area contributed by atoms with Gasteiger partial charge in [0.05, 0.1) is 38.1 Å². The van der Waals surface area contributed by atoms with E-state index in [-0.39, 0.29) is 22.1 Å². The molecule has 0 saturated carbocycles. The van der Waals surface area contributed by atoms with Gasteiger partial charge in [0.15, 0.2) is 23.0 Å². The molecule has 0 aliphatic rings. The number of Topliss-reactive ketones (excluding diaryl/α,β-unsaturated/α-hetero) is 1. The number of carbonyl (C=O) groups excluding carboxylic acids is 2. The molecule has 2 rings (SSSR count). The van der Waals surface area contributed by atoms with E-state index in [1.807, 2.05) is 13.8 Å². The predicted octanol–water partition coefficient (Wildman–Crippen LogP) is 5.38. The van der Waals surface area contributed by atoms with E-state index in [9.17, 15) is 9.59 Å². The first-order valence-corrected chi connectivity index (χ1v) is 10.7. The van der Waals surface area contributed by atoms with Gasteiger partial charge in [-0.2, -0.15) is 10.2 Å². The van der Waals surface area contributed by atoms with Crippen LogP contribution in [0.2, 0.25) is 5.02 Å². The lowest BCUT2D eigenvalue weighted by Gasteiger charge is -2.19. The number of halogens is 2. The van der Waals surface area contributed by atoms with Gasteiger partial charge in [-0.15, -0.1) is 0 Å². The van der Waals surface area contributed by atoms with E-state index in [2.05, 4.69) is 10.2 Å². The summed E-state index contributed by atoms with van der Waals surface area (Å²) in [6, 6.07) is 6.28. The molecule has 0 spiro atoms. The molecule has 11 heteroatoms. The summed E-state index contributed by atoms with van der Waals surface area (Å²) < 4.78 is 22.3. The molecular formula is C22H25Cl2N3O6. The molecule has 0 fully saturated rings. The monoisotopic (exact) mass is 497 g/mol. The maximum absolute atomic E-state index is 13.0. The average molecular weight is 498 g/mol. The third kappa shape index (κ3) is 6.49. The van der Waals surface area contributed by atoms with Crippen LogP contribution >= 0.6 is 23.4 Å². The number of azo groups is 1. The third-order valence-corrected chi connectivity index (χ3v) is 4.93. The molecule has 1 unspecified atom stereocenters. The Morgan fingerprint density at radius 2 is 1.70 bits per heavy atom. The molecule has 0 saturated heterocycles. The summed E-state index contributed by atoms with van der Waals surface area (Å²) in [6.07, 6.45) is 0. The van der Waals surface area contributed by atoms with Gasteiger partial charge < -0.3 is 18.9 Å². The Labute approximate surface area is 202 Å². The number of ketones is 1. The van der Waals surface area contributed by atoms with Gasteiger partial charge in [-0.25, -0.2) is 4.42 Å². The zero-order valence-electron chi connectivity index (χ0n) is 18.9. The number of rotatable bonds is 11. The van der Waals surface area contributed by atoms with Crippen molar-refractivity contribution in [1.29, 1.82) is 0 Å². The topological polar surface area (TPSA) is 99.0 Å². The molecule has 2 aromatic carbocycles. The van der Waals surface area contributed by atoms with Crippen molar-refractivity contribution in [1.82, 2.24) is 0 Å². The normalized spacial score (nSPS) is 11.7. The number of hydrogen-bond donors (Lipinski definition) is 0. The van der Waals surface area contributed by atoms with E-state index in [0.717, 1.165) is 4.42 Å². The molecule has 0 aliphatic heterocycles. The molecule has 1 amide bonds. The Balaban J connectivity index is 2.37. The molecule has 0 radical (unpaired) electrons. The first-order valence-electron chi connectivity index (χ1n) is 9.99. The summed E-state index contributed by atoms with van der Waals surface area (Å²) in [6.45, 7) is 5.69. The van der Waals surface area contributed by atoms with Gasteiger partial charge in [-0.1, -0.05) is 11.6 Å². The molecule has 1 atom stereocenters. The fourth-order valence-corrected chi connectivity index (χ4v) is 3.25. The second kappa shape index (κ2) is 12.3. The van der Waals surface area contributed by atoms with Crippen LogP contribution in [0.5, 0.6) is 23.0 Å². The lowest BCUT2D eigenvalue weighted by atomic mass is 10.2. The summed E-state index contributed by atoms with van der Waals surface area (Å²) in [4.78, 5) is 25.2. The van der Waals surface area contributed by atoms with Gasteiger partial charge in [0.1, 0.15) is 11.4 Å². The van der Waals surface area contributed by atoms with Gasteiger partial charge in [0.2, 0.25) is 6.04 Å². The van der Waals surface area contributed by atoms with Gasteiger partial charge >= 0.3 is 0 Å². The Kier molecular flexibility index (Phi) is 9.74. The minimum Gasteiger partial charge on any atom is -0.497 e. The van der Waals surface area contributed by atoms with Crippen LogP contribution in [-0.2, 0) is 9.59 Å². The van der Waals surface area contributed by atoms with E-state index in [0.29, 0.717) is 30.5 Å². The van der Waals surface area contributed by atoms with Crippen molar-refractivity contribution in [2.75, 3.05) is 31.9 Å². The predicted molar refractivity (Wildman–Crippen MR) is 126 cm³/mol. The van der Waals surface area contributed by atoms with Crippen LogP contribution in [0.3, 0.4) is 0 Å². The van der Waals surface area contributed by atoms with E-state index in [1.165, 1.54) is 33.3 Å². The van der Waals surface area contributed by atoms with E-state index in [4.69, 9.17) is 42.3 Å². The second-order valence-electron chi connectivity index (χ2n) is 6.51. The van der Waals surface area contributed by atoms with Gasteiger partial charge in [0.25, 0.3) is 5.91 Å². The van der Waals surface area contributed by atoms with Crippen LogP contribution in [0.4, 0.5) is 11.4 Å². The summed E-state index contributed by atoms with van der Waals surface area (Å²) >= 11 is 12.4. The Morgan fingerprint density at radius 1 is 1.03 bits per heavy atom. The number of amides is 1. The standard InChI is InChI=1S/C22H25Cl2N3O6/c1-6-32-18-9-8-14(10-19(18)33-7-2)27(24)22(29)20(13(3)28)26-25-17-12-15(30-4)11-16(23)21(17)31-5/h8-12,20H,6-7H2,1-5H3. The van der Waals surface area contributed by atoms with Crippen molar-refractivity contribution in [2.45, 2.75) is 26.8 Å². The zero-order valence-corrected chi connectivity index (χ0v) is 20.4. The summed E-state index contributed by atoms with van der Waals surface area (Å²) in [5, 5.41) is 8.16. The fourth-order valence-electron chi connectivity index (χ4n) is 2.77. The van der Waals surface area contributed by atoms with Crippen LogP contribution in [0.25, 0.3) is 0 Å². The fraction of sp³-hybridized carbons (Fsp3) is 0.364. The molecule has 9 nitrogen and oxygen atoms in total. The lowest BCUT2D eigenvalue weighted by molar-refractivity contribution is -0.126. The van der Waals surface area contributed by atoms with Crippen LogP contribution < -0.4 is 23.4 Å². The van der Waals surface area contributed by atoms with Crippen molar-refractivity contribution in [2.24, 2.45) is 10.2 Å². The molecular weight excluding hydrogens is 473 g/mol. The summed E-state index contributed by atoms with van der Waals surface area (Å²) in [5.74, 6) is 0.173. The number of hydrogen-bond acceptors (Lipinski definition) is 8. The maximum atomic E-state index is 13.0. The van der Waals surface area contributed by atoms with E-state index in [1.54, 1.807) is 18.2 Å². The average Bonchev–Trinajstić information content (AvgIpc) is 2.79. The maximum Gasteiger partial charge on any atom is 0.276 e. The lowest BCUT2D eigenvalue weighted by Crippen LogP contribution is -2.36. The first-order chi connectivity index (χ1) is 15.8. The minimum absolute atomic E-state index is 0.182. The minimum atomic E-state index is -1.50. The van der Waals surface area contributed by atoms with Crippen molar-refractivity contribution in [3.8, 4) is 23.0 Å². The highest BCUT2D eigenvalue weighted by Crippen LogP contribution is 2.39. The highest BCUT2D eigenvalue weighted by Gasteiger charge is 2.29. The highest BCUT2D eigenvalue weighted by molar-refractivity contribution is 6.39. The smallest absolute Gasteiger partial charge is 0.276 e. The number of methoxy groups -OCH3 is 2. The Morgan fingerprint density at radius 3 is 2.27 bits per heavy atom. The van der Waals surface area contributed by atoms with Crippen molar-refractivity contribution >= 4 is 46.4 Å². The van der Waals surface area contributed by atoms with Gasteiger partial charge in [-0.3, -0.25) is 9.59 Å². The van der Waals surface area contributed by atoms with Crippen LogP contribution in [0, 0.1) is 0 Å². The number of anilines is 1. The van der Waals surface area contributed by atoms with Crippen molar-refractivity contribution < 1.29 is 28.5 Å². The first kappa shape index (κ1) is 26.2. The Bertz CT molecular complexity index is 1030. The third-order valence-electron chi connectivity index (χ3n) is 4.28. The molecule has 0 N–H and O–H groups in total. The Hall–Kier alpha value is -3.04. The van der Waals surface area contributed by atoms with Crippen molar-refractivity contribution in [3.63, 3.8) is 0 Å². The van der Waals surface area contributed by atoms with E-state index >= 15 is 0 Å². The molecule has 33 heavy (non-hydrogen) atoms. The highest BCUT2D eigenvalue weighted by atomic mass is 35.5. The summed E-state index contributed by atoms with van der Waals surface area (Å²) in [5.41, 5.74) is 0.457. The molecule has 0 bridgehead atoms. The SMILES string of the molecule is CCOc1ccc(N(Cl)C(=O)C(N=Nc2cc(OC)cc(Cl)c2OC)C(C)=O)cc1OCC. The molecule has 178 valence electrons. The number of nitrogens with zero attached hydrogens (tertiary/aromatic N) is 3. The van der Waals surface area contributed by atoms with Crippen LogP contribution in [0.15, 0.2) is 40.6 Å². The molecule has 0 aromatic heterocycles. The molecule has 0 heterocycles. The second-order valence-corrected chi connectivity index (χ2v) is 7.25. The number of benzene rings is 2. The molecule has 2 aromatic rings. The largest absolute Gasteiger partial charge is 0.497 e. The van der Waals surface area contributed by atoms with Gasteiger partial charge in [-0.05, 0) is 32.9 Å². The van der Waals surface area contributed by atoms with Crippen molar-refractivity contribution in [3.05, 3.63) is 35.4 Å². The number of carbonyl (C=O) groups is 2.